The van der Waals surface area contributed by atoms with Crippen molar-refractivity contribution in [1.82, 2.24) is 0 Å². The molecule has 0 heterocycles. The number of hydrogen-bond acceptors (Lipinski definition) is 4. The molecule has 1 saturated carbocycles. The van der Waals surface area contributed by atoms with Gasteiger partial charge in [0.2, 0.25) is 0 Å². The van der Waals surface area contributed by atoms with Crippen molar-refractivity contribution in [2.24, 2.45) is 11.8 Å². The summed E-state index contributed by atoms with van der Waals surface area (Å²) >= 11 is 0. The van der Waals surface area contributed by atoms with E-state index in [1.165, 1.54) is 0 Å². The van der Waals surface area contributed by atoms with E-state index in [1.807, 2.05) is 0 Å². The molecular formula is C16H30O4Si. The summed E-state index contributed by atoms with van der Waals surface area (Å²) in [5.74, 6) is -0.208. The van der Waals surface area contributed by atoms with Crippen molar-refractivity contribution in [3.05, 3.63) is 0 Å². The van der Waals surface area contributed by atoms with Gasteiger partial charge in [-0.2, -0.15) is 0 Å². The van der Waals surface area contributed by atoms with E-state index < -0.39 is 8.32 Å². The second-order valence-corrected chi connectivity index (χ2v) is 12.4. The Bertz CT molecular complexity index is 384. The molecular weight excluding hydrogens is 284 g/mol. The van der Waals surface area contributed by atoms with Gasteiger partial charge in [0.1, 0.15) is 5.78 Å². The molecule has 0 aromatic carbocycles. The number of carbonyl (C=O) groups is 2. The zero-order chi connectivity index (χ0) is 16.3. The lowest BCUT2D eigenvalue weighted by Crippen LogP contribution is -2.43. The van der Waals surface area contributed by atoms with Crippen LogP contribution in [-0.4, -0.2) is 33.3 Å². The maximum atomic E-state index is 11.9. The van der Waals surface area contributed by atoms with E-state index in [9.17, 15) is 9.59 Å². The van der Waals surface area contributed by atoms with Crippen molar-refractivity contribution in [2.45, 2.75) is 65.1 Å². The first kappa shape index (κ1) is 18.4. The average Bonchev–Trinajstić information content (AvgIpc) is 2.35. The molecule has 0 bridgehead atoms. The number of ether oxygens (including phenoxy) is 1. The second-order valence-electron chi connectivity index (χ2n) is 7.57. The number of ketones is 1. The van der Waals surface area contributed by atoms with Crippen molar-refractivity contribution in [3.63, 3.8) is 0 Å². The molecule has 122 valence electrons. The van der Waals surface area contributed by atoms with E-state index >= 15 is 0 Å². The summed E-state index contributed by atoms with van der Waals surface area (Å²) in [6.07, 6.45) is 1.57. The standard InChI is InChI=1S/C16H30O4Si/c1-7-19-15(18)13-8-12(9-14(17)10-13)11-20-21(5,6)16(2,3)4/h12-13H,7-11H2,1-6H3/t12-,13-/m0/s1. The molecule has 0 amide bonds. The number of esters is 1. The smallest absolute Gasteiger partial charge is 0.309 e. The third-order valence-corrected chi connectivity index (χ3v) is 9.21. The zero-order valence-electron chi connectivity index (χ0n) is 14.3. The van der Waals surface area contributed by atoms with Crippen LogP contribution in [0, 0.1) is 11.8 Å². The molecule has 0 aliphatic heterocycles. The van der Waals surface area contributed by atoms with Gasteiger partial charge in [-0.15, -0.1) is 0 Å². The topological polar surface area (TPSA) is 52.6 Å². The molecule has 0 aromatic heterocycles. The van der Waals surface area contributed by atoms with Crippen LogP contribution in [0.25, 0.3) is 0 Å². The van der Waals surface area contributed by atoms with Crippen LogP contribution in [0.2, 0.25) is 18.1 Å². The van der Waals surface area contributed by atoms with Gasteiger partial charge in [0.25, 0.3) is 0 Å². The first-order valence-corrected chi connectivity index (χ1v) is 10.8. The van der Waals surface area contributed by atoms with Crippen molar-refractivity contribution >= 4 is 20.1 Å². The minimum atomic E-state index is -1.80. The fraction of sp³-hybridized carbons (Fsp3) is 0.875. The van der Waals surface area contributed by atoms with Crippen molar-refractivity contribution in [2.75, 3.05) is 13.2 Å². The van der Waals surface area contributed by atoms with Gasteiger partial charge >= 0.3 is 5.97 Å². The summed E-state index contributed by atoms with van der Waals surface area (Å²) in [5, 5.41) is 0.159. The highest BCUT2D eigenvalue weighted by atomic mass is 28.4. The van der Waals surface area contributed by atoms with Gasteiger partial charge in [0.15, 0.2) is 8.32 Å². The highest BCUT2D eigenvalue weighted by molar-refractivity contribution is 6.74. The molecule has 0 spiro atoms. The molecule has 1 aliphatic carbocycles. The summed E-state index contributed by atoms with van der Waals surface area (Å²) in [7, 11) is -1.80. The fourth-order valence-corrected chi connectivity index (χ4v) is 3.44. The summed E-state index contributed by atoms with van der Waals surface area (Å²) in [6, 6.07) is 0. The minimum Gasteiger partial charge on any atom is -0.466 e. The molecule has 2 atom stereocenters. The SMILES string of the molecule is CCOC(=O)[C@@H]1CC(=O)C[C@@H](CO[Si](C)(C)C(C)(C)C)C1. The van der Waals surface area contributed by atoms with Gasteiger partial charge in [-0.25, -0.2) is 0 Å². The largest absolute Gasteiger partial charge is 0.466 e. The summed E-state index contributed by atoms with van der Waals surface area (Å²) in [4.78, 5) is 23.7. The molecule has 1 fully saturated rings. The highest BCUT2D eigenvalue weighted by Crippen LogP contribution is 2.38. The van der Waals surface area contributed by atoms with Gasteiger partial charge < -0.3 is 9.16 Å². The monoisotopic (exact) mass is 314 g/mol. The molecule has 0 unspecified atom stereocenters. The van der Waals surface area contributed by atoms with Gasteiger partial charge in [-0.1, -0.05) is 20.8 Å². The van der Waals surface area contributed by atoms with Crippen LogP contribution in [0.1, 0.15) is 47.0 Å². The second kappa shape index (κ2) is 7.05. The van der Waals surface area contributed by atoms with Crippen LogP contribution in [-0.2, 0) is 18.8 Å². The Balaban J connectivity index is 2.59. The molecule has 0 radical (unpaired) electrons. The molecule has 21 heavy (non-hydrogen) atoms. The predicted molar refractivity (Wildman–Crippen MR) is 85.6 cm³/mol. The zero-order valence-corrected chi connectivity index (χ0v) is 15.3. The Morgan fingerprint density at radius 3 is 2.43 bits per heavy atom. The van der Waals surface area contributed by atoms with Crippen LogP contribution in [0.5, 0.6) is 0 Å². The number of hydrogen-bond donors (Lipinski definition) is 0. The summed E-state index contributed by atoms with van der Waals surface area (Å²) < 4.78 is 11.3. The first-order chi connectivity index (χ1) is 9.56. The van der Waals surface area contributed by atoms with Crippen LogP contribution in [0.15, 0.2) is 0 Å². The first-order valence-electron chi connectivity index (χ1n) is 7.89. The third kappa shape index (κ3) is 5.22. The minimum absolute atomic E-state index is 0.148. The maximum Gasteiger partial charge on any atom is 0.309 e. The number of Topliss-reactive ketones (excluding diaryl/α,β-unsaturated/α-hetero) is 1. The van der Waals surface area contributed by atoms with Crippen LogP contribution in [0.3, 0.4) is 0 Å². The third-order valence-electron chi connectivity index (χ3n) is 4.71. The lowest BCUT2D eigenvalue weighted by molar-refractivity contribution is -0.152. The Labute approximate surface area is 129 Å². The Kier molecular flexibility index (Phi) is 6.17. The van der Waals surface area contributed by atoms with E-state index in [2.05, 4.69) is 33.9 Å². The van der Waals surface area contributed by atoms with E-state index in [1.54, 1.807) is 6.92 Å². The number of rotatable bonds is 5. The van der Waals surface area contributed by atoms with E-state index in [0.717, 1.165) is 0 Å². The van der Waals surface area contributed by atoms with Gasteiger partial charge in [-0.05, 0) is 37.4 Å². The molecule has 4 nitrogen and oxygen atoms in total. The maximum absolute atomic E-state index is 11.9. The van der Waals surface area contributed by atoms with Gasteiger partial charge in [0, 0.05) is 19.4 Å². The van der Waals surface area contributed by atoms with Crippen molar-refractivity contribution < 1.29 is 18.8 Å². The molecule has 0 aromatic rings. The quantitative estimate of drug-likeness (QED) is 0.575. The van der Waals surface area contributed by atoms with Gasteiger partial charge in [-0.3, -0.25) is 9.59 Å². The van der Waals surface area contributed by atoms with E-state index in [0.29, 0.717) is 32.5 Å². The van der Waals surface area contributed by atoms with Gasteiger partial charge in [0.05, 0.1) is 12.5 Å². The van der Waals surface area contributed by atoms with E-state index in [-0.39, 0.29) is 28.6 Å². The van der Waals surface area contributed by atoms with Crippen molar-refractivity contribution in [3.8, 4) is 0 Å². The summed E-state index contributed by atoms with van der Waals surface area (Å²) in [5.41, 5.74) is 0. The number of carbonyl (C=O) groups excluding carboxylic acids is 2. The Hall–Kier alpha value is -0.683. The predicted octanol–water partition coefficient (Wildman–Crippen LogP) is 3.56. The Morgan fingerprint density at radius 2 is 1.90 bits per heavy atom. The highest BCUT2D eigenvalue weighted by Gasteiger charge is 2.39. The molecule has 1 aliphatic rings. The van der Waals surface area contributed by atoms with E-state index in [4.69, 9.17) is 9.16 Å². The molecule has 0 N–H and O–H groups in total. The lowest BCUT2D eigenvalue weighted by atomic mass is 9.81. The normalized spacial score (nSPS) is 24.0. The summed E-state index contributed by atoms with van der Waals surface area (Å²) in [6.45, 7) is 13.8. The molecule has 5 heteroatoms. The van der Waals surface area contributed by atoms with Crippen LogP contribution >= 0.6 is 0 Å². The van der Waals surface area contributed by atoms with Crippen LogP contribution < -0.4 is 0 Å². The van der Waals surface area contributed by atoms with Crippen LogP contribution in [0.4, 0.5) is 0 Å². The Morgan fingerprint density at radius 1 is 1.29 bits per heavy atom. The van der Waals surface area contributed by atoms with Crippen molar-refractivity contribution in [1.29, 1.82) is 0 Å². The average molecular weight is 314 g/mol. The molecule has 1 rings (SSSR count). The fourth-order valence-electron chi connectivity index (χ4n) is 2.36. The lowest BCUT2D eigenvalue weighted by Gasteiger charge is -2.38. The molecule has 0 saturated heterocycles.